The van der Waals surface area contributed by atoms with Gasteiger partial charge in [0.05, 0.1) is 19.8 Å². The van der Waals surface area contributed by atoms with Crippen molar-refractivity contribution in [3.8, 4) is 0 Å². The summed E-state index contributed by atoms with van der Waals surface area (Å²) in [5, 5.41) is 2.81. The lowest BCUT2D eigenvalue weighted by atomic mass is 10.1. The molecule has 0 radical (unpaired) electrons. The molecule has 114 valence electrons. The molecule has 0 bridgehead atoms. The van der Waals surface area contributed by atoms with Crippen LogP contribution in [0.1, 0.15) is 5.56 Å². The molecule has 0 unspecified atom stereocenters. The fraction of sp³-hybridized carbons (Fsp3) is 0.462. The number of nitrogens with one attached hydrogen (secondary N) is 1. The smallest absolute Gasteiger partial charge is 0.234 e. The van der Waals surface area contributed by atoms with Crippen molar-refractivity contribution in [3.05, 3.63) is 29.8 Å². The summed E-state index contributed by atoms with van der Waals surface area (Å²) in [6.45, 7) is 3.83. The van der Waals surface area contributed by atoms with Crippen LogP contribution < -0.4 is 16.0 Å². The van der Waals surface area contributed by atoms with E-state index >= 15 is 0 Å². The average molecular weight is 322 g/mol. The van der Waals surface area contributed by atoms with E-state index in [2.05, 4.69) is 16.3 Å². The number of nitrogens with zero attached hydrogens (tertiary/aromatic N) is 1. The molecule has 0 atom stereocenters. The van der Waals surface area contributed by atoms with Gasteiger partial charge in [0.1, 0.15) is 0 Å². The van der Waals surface area contributed by atoms with Crippen LogP contribution in [0.5, 0.6) is 0 Å². The number of hydrogen-bond donors (Lipinski definition) is 2. The Hall–Kier alpha value is -1.01. The second kappa shape index (κ2) is 9.83. The molecule has 0 aliphatic carbocycles. The Kier molecular flexibility index (Phi) is 9.33. The average Bonchev–Trinajstić information content (AvgIpc) is 2.46. The zero-order valence-electron chi connectivity index (χ0n) is 11.2. The van der Waals surface area contributed by atoms with Gasteiger partial charge >= 0.3 is 0 Å². The number of amides is 1. The molecular weight excluding hydrogens is 301 g/mol. The second-order valence-electron chi connectivity index (χ2n) is 4.21. The van der Waals surface area contributed by atoms with Crippen molar-refractivity contribution in [2.75, 3.05) is 37.7 Å². The third kappa shape index (κ3) is 5.17. The molecule has 3 N–H and O–H groups in total. The molecule has 1 aromatic carbocycles. The van der Waals surface area contributed by atoms with Crippen LogP contribution in [0.25, 0.3) is 0 Å². The largest absolute Gasteiger partial charge is 0.378 e. The Balaban J connectivity index is 0.00000180. The normalized spacial score (nSPS) is 13.9. The van der Waals surface area contributed by atoms with E-state index < -0.39 is 0 Å². The van der Waals surface area contributed by atoms with Gasteiger partial charge in [-0.05, 0) is 11.6 Å². The summed E-state index contributed by atoms with van der Waals surface area (Å²) < 4.78 is 5.35. The highest BCUT2D eigenvalue weighted by molar-refractivity contribution is 5.85. The van der Waals surface area contributed by atoms with Crippen LogP contribution in [0, 0.1) is 0 Å². The standard InChI is InChI=1S/C13H19N3O2.2ClH/c14-9-13(17)15-10-11-3-1-2-4-12(11)16-5-7-18-8-6-16;;/h1-4H,5-10,14H2,(H,15,17);2*1H. The molecule has 0 spiro atoms. The minimum atomic E-state index is -0.133. The van der Waals surface area contributed by atoms with Crippen LogP contribution >= 0.6 is 24.8 Å². The highest BCUT2D eigenvalue weighted by Gasteiger charge is 2.14. The number of rotatable bonds is 4. The lowest BCUT2D eigenvalue weighted by Gasteiger charge is -2.30. The topological polar surface area (TPSA) is 67.6 Å². The summed E-state index contributed by atoms with van der Waals surface area (Å²) in [6.07, 6.45) is 0. The fourth-order valence-corrected chi connectivity index (χ4v) is 2.04. The van der Waals surface area contributed by atoms with Crippen LogP contribution in [0.2, 0.25) is 0 Å². The van der Waals surface area contributed by atoms with Crippen LogP contribution in [-0.4, -0.2) is 38.8 Å². The van der Waals surface area contributed by atoms with Gasteiger partial charge in [0, 0.05) is 25.3 Å². The molecule has 2 rings (SSSR count). The minimum Gasteiger partial charge on any atom is -0.378 e. The molecule has 5 nitrogen and oxygen atoms in total. The molecule has 0 saturated carbocycles. The zero-order chi connectivity index (χ0) is 12.8. The summed E-state index contributed by atoms with van der Waals surface area (Å²) in [5.74, 6) is -0.133. The summed E-state index contributed by atoms with van der Waals surface area (Å²) >= 11 is 0. The minimum absolute atomic E-state index is 0. The van der Waals surface area contributed by atoms with Gasteiger partial charge in [-0.25, -0.2) is 0 Å². The molecule has 7 heteroatoms. The predicted molar refractivity (Wildman–Crippen MR) is 84.9 cm³/mol. The monoisotopic (exact) mass is 321 g/mol. The number of carbonyl (C=O) groups excluding carboxylic acids is 1. The van der Waals surface area contributed by atoms with Gasteiger partial charge in [-0.15, -0.1) is 24.8 Å². The maximum absolute atomic E-state index is 11.2. The van der Waals surface area contributed by atoms with E-state index in [1.807, 2.05) is 18.2 Å². The first-order chi connectivity index (χ1) is 8.81. The lowest BCUT2D eigenvalue weighted by molar-refractivity contribution is -0.119. The van der Waals surface area contributed by atoms with Crippen LogP contribution in [-0.2, 0) is 16.1 Å². The Bertz CT molecular complexity index is 412. The van der Waals surface area contributed by atoms with Crippen molar-refractivity contribution < 1.29 is 9.53 Å². The van der Waals surface area contributed by atoms with Crippen LogP contribution in [0.4, 0.5) is 5.69 Å². The van der Waals surface area contributed by atoms with Gasteiger partial charge in [0.2, 0.25) is 5.91 Å². The van der Waals surface area contributed by atoms with Crippen molar-refractivity contribution in [2.45, 2.75) is 6.54 Å². The third-order valence-corrected chi connectivity index (χ3v) is 3.00. The van der Waals surface area contributed by atoms with E-state index in [1.165, 1.54) is 0 Å². The molecular formula is C13H21Cl2N3O2. The van der Waals surface area contributed by atoms with E-state index in [0.29, 0.717) is 6.54 Å². The van der Waals surface area contributed by atoms with Crippen molar-refractivity contribution in [1.29, 1.82) is 0 Å². The van der Waals surface area contributed by atoms with E-state index in [4.69, 9.17) is 10.5 Å². The van der Waals surface area contributed by atoms with Gasteiger partial charge in [0.25, 0.3) is 0 Å². The van der Waals surface area contributed by atoms with Crippen molar-refractivity contribution in [2.24, 2.45) is 5.73 Å². The van der Waals surface area contributed by atoms with E-state index in [9.17, 15) is 4.79 Å². The Morgan fingerprint density at radius 3 is 2.55 bits per heavy atom. The van der Waals surface area contributed by atoms with Gasteiger partial charge < -0.3 is 20.7 Å². The first kappa shape index (κ1) is 19.0. The number of benzene rings is 1. The maximum atomic E-state index is 11.2. The zero-order valence-corrected chi connectivity index (χ0v) is 12.8. The quantitative estimate of drug-likeness (QED) is 0.866. The first-order valence-electron chi connectivity index (χ1n) is 6.18. The summed E-state index contributed by atoms with van der Waals surface area (Å²) in [7, 11) is 0. The second-order valence-corrected chi connectivity index (χ2v) is 4.21. The molecule has 0 aromatic heterocycles. The molecule has 1 fully saturated rings. The Labute approximate surface area is 131 Å². The summed E-state index contributed by atoms with van der Waals surface area (Å²) in [4.78, 5) is 13.5. The van der Waals surface area contributed by atoms with E-state index in [0.717, 1.165) is 37.6 Å². The number of nitrogens with two attached hydrogens (primary N) is 1. The molecule has 1 saturated heterocycles. The van der Waals surface area contributed by atoms with Crippen molar-refractivity contribution >= 4 is 36.4 Å². The number of carbonyl (C=O) groups is 1. The number of ether oxygens (including phenoxy) is 1. The van der Waals surface area contributed by atoms with Gasteiger partial charge in [-0.3, -0.25) is 4.79 Å². The number of halogens is 2. The van der Waals surface area contributed by atoms with Crippen molar-refractivity contribution in [3.63, 3.8) is 0 Å². The molecule has 1 aliphatic rings. The molecule has 1 aromatic rings. The first-order valence-corrected chi connectivity index (χ1v) is 6.18. The van der Waals surface area contributed by atoms with Gasteiger partial charge in [-0.1, -0.05) is 18.2 Å². The van der Waals surface area contributed by atoms with E-state index in [-0.39, 0.29) is 37.3 Å². The lowest BCUT2D eigenvalue weighted by Crippen LogP contribution is -2.37. The Morgan fingerprint density at radius 1 is 1.25 bits per heavy atom. The molecule has 20 heavy (non-hydrogen) atoms. The number of anilines is 1. The number of hydrogen-bond acceptors (Lipinski definition) is 4. The number of para-hydroxylation sites is 1. The van der Waals surface area contributed by atoms with Gasteiger partial charge in [-0.2, -0.15) is 0 Å². The molecule has 1 aliphatic heterocycles. The maximum Gasteiger partial charge on any atom is 0.234 e. The van der Waals surface area contributed by atoms with E-state index in [1.54, 1.807) is 0 Å². The molecule has 1 amide bonds. The Morgan fingerprint density at radius 2 is 1.90 bits per heavy atom. The number of morpholine rings is 1. The van der Waals surface area contributed by atoms with Gasteiger partial charge in [0.15, 0.2) is 0 Å². The molecule has 1 heterocycles. The predicted octanol–water partition coefficient (Wildman–Crippen LogP) is 0.942. The van der Waals surface area contributed by atoms with Crippen LogP contribution in [0.3, 0.4) is 0 Å². The third-order valence-electron chi connectivity index (χ3n) is 3.00. The van der Waals surface area contributed by atoms with Crippen molar-refractivity contribution in [1.82, 2.24) is 5.32 Å². The SMILES string of the molecule is Cl.Cl.NCC(=O)NCc1ccccc1N1CCOCC1. The summed E-state index contributed by atoms with van der Waals surface area (Å²) in [6, 6.07) is 8.10. The highest BCUT2D eigenvalue weighted by Crippen LogP contribution is 2.21. The van der Waals surface area contributed by atoms with Crippen LogP contribution in [0.15, 0.2) is 24.3 Å². The summed E-state index contributed by atoms with van der Waals surface area (Å²) in [5.41, 5.74) is 7.56. The highest BCUT2D eigenvalue weighted by atomic mass is 35.5. The fourth-order valence-electron chi connectivity index (χ4n) is 2.04.